The molecule has 4 nitrogen and oxygen atoms in total. The van der Waals surface area contributed by atoms with E-state index in [4.69, 9.17) is 0 Å². The van der Waals surface area contributed by atoms with Gasteiger partial charge in [0.1, 0.15) is 0 Å². The molecule has 1 amide bonds. The maximum Gasteiger partial charge on any atom is 0.251 e. The maximum absolute atomic E-state index is 13.0. The van der Waals surface area contributed by atoms with E-state index in [1.807, 2.05) is 12.3 Å². The van der Waals surface area contributed by atoms with E-state index in [9.17, 15) is 4.79 Å². The van der Waals surface area contributed by atoms with Crippen molar-refractivity contribution in [2.45, 2.75) is 57.4 Å². The number of amides is 1. The molecule has 0 radical (unpaired) electrons. The van der Waals surface area contributed by atoms with Gasteiger partial charge in [0.25, 0.3) is 5.91 Å². The van der Waals surface area contributed by atoms with Crippen LogP contribution < -0.4 is 5.32 Å². The Balaban J connectivity index is 1.10. The maximum atomic E-state index is 13.0. The second-order valence-corrected chi connectivity index (χ2v) is 11.4. The van der Waals surface area contributed by atoms with Crippen molar-refractivity contribution < 1.29 is 4.79 Å². The van der Waals surface area contributed by atoms with E-state index >= 15 is 0 Å². The van der Waals surface area contributed by atoms with Crippen molar-refractivity contribution in [3.8, 4) is 0 Å². The van der Waals surface area contributed by atoms with Crippen LogP contribution >= 0.6 is 0 Å². The van der Waals surface area contributed by atoms with Gasteiger partial charge in [0.15, 0.2) is 0 Å². The normalized spacial score (nSPS) is 27.4. The summed E-state index contributed by atoms with van der Waals surface area (Å²) >= 11 is 0. The summed E-state index contributed by atoms with van der Waals surface area (Å²) in [6, 6.07) is 15.7. The summed E-state index contributed by atoms with van der Waals surface area (Å²) in [4.78, 5) is 20.1. The highest BCUT2D eigenvalue weighted by molar-refractivity contribution is 6.11. The molecule has 4 heteroatoms. The fourth-order valence-corrected chi connectivity index (χ4v) is 6.54. The summed E-state index contributed by atoms with van der Waals surface area (Å²) < 4.78 is 0. The van der Waals surface area contributed by atoms with Crippen molar-refractivity contribution in [1.82, 2.24) is 10.2 Å². The van der Waals surface area contributed by atoms with E-state index < -0.39 is 0 Å². The lowest BCUT2D eigenvalue weighted by atomic mass is 9.59. The molecule has 2 bridgehead atoms. The smallest absolute Gasteiger partial charge is 0.251 e. The second-order valence-electron chi connectivity index (χ2n) is 11.4. The zero-order valence-electron chi connectivity index (χ0n) is 21.1. The molecule has 0 spiro atoms. The SMILES string of the molecule is C[C@H]1C2Cc3ccc(C(=O)NCCc4ccc(C5=CCN=C5)cc4)cc3[C@]1(C)CCN2CC1CC1. The van der Waals surface area contributed by atoms with Crippen molar-refractivity contribution in [2.75, 3.05) is 26.2 Å². The molecular formula is C31H37N3O. The first-order valence-electron chi connectivity index (χ1n) is 13.5. The molecule has 2 aliphatic carbocycles. The van der Waals surface area contributed by atoms with Gasteiger partial charge in [-0.25, -0.2) is 0 Å². The average molecular weight is 468 g/mol. The van der Waals surface area contributed by atoms with Crippen LogP contribution in [0.2, 0.25) is 0 Å². The number of carbonyl (C=O) groups excluding carboxylic acids is 1. The Morgan fingerprint density at radius 1 is 1.17 bits per heavy atom. The molecule has 0 aromatic heterocycles. The number of nitrogens with one attached hydrogen (secondary N) is 1. The number of rotatable bonds is 7. The molecule has 182 valence electrons. The van der Waals surface area contributed by atoms with Gasteiger partial charge in [-0.3, -0.25) is 14.7 Å². The molecule has 1 saturated heterocycles. The standard InChI is InChI=1S/C31H37N3O/c1-21-29-18-25-9-10-26(17-28(25)31(21,2)13-16-34(29)20-23-3-4-23)30(35)33-15-11-22-5-7-24(8-6-22)27-12-14-32-19-27/h5-10,12,17,19,21,23,29H,3-4,11,13-16,18,20H2,1-2H3,(H,33,35)/t21-,29?,31+/m0/s1. The van der Waals surface area contributed by atoms with Crippen LogP contribution in [0.25, 0.3) is 5.57 Å². The molecule has 1 saturated carbocycles. The number of nitrogens with zero attached hydrogens (tertiary/aromatic N) is 2. The van der Waals surface area contributed by atoms with Crippen molar-refractivity contribution >= 4 is 17.7 Å². The average Bonchev–Trinajstić information content (AvgIpc) is 3.52. The van der Waals surface area contributed by atoms with Gasteiger partial charge in [-0.2, -0.15) is 0 Å². The lowest BCUT2D eigenvalue weighted by Gasteiger charge is -2.55. The van der Waals surface area contributed by atoms with Crippen molar-refractivity contribution in [2.24, 2.45) is 16.8 Å². The Labute approximate surface area is 209 Å². The summed E-state index contributed by atoms with van der Waals surface area (Å²) in [5.74, 6) is 1.60. The van der Waals surface area contributed by atoms with Gasteiger partial charge < -0.3 is 5.32 Å². The molecule has 35 heavy (non-hydrogen) atoms. The Morgan fingerprint density at radius 3 is 2.74 bits per heavy atom. The second kappa shape index (κ2) is 9.05. The first kappa shape index (κ1) is 22.7. The van der Waals surface area contributed by atoms with Gasteiger partial charge in [0.05, 0.1) is 6.54 Å². The number of hydrogen-bond acceptors (Lipinski definition) is 3. The van der Waals surface area contributed by atoms with Crippen LogP contribution in [-0.4, -0.2) is 49.2 Å². The zero-order chi connectivity index (χ0) is 24.0. The van der Waals surface area contributed by atoms with Crippen molar-refractivity contribution in [3.63, 3.8) is 0 Å². The number of fused-ring (bicyclic) bond motifs is 4. The van der Waals surface area contributed by atoms with Gasteiger partial charge in [0, 0.05) is 30.9 Å². The molecule has 6 rings (SSSR count). The Morgan fingerprint density at radius 2 is 2.00 bits per heavy atom. The molecule has 2 aromatic carbocycles. The molecule has 4 aliphatic rings. The van der Waals surface area contributed by atoms with Gasteiger partial charge in [-0.1, -0.05) is 50.3 Å². The highest BCUT2D eigenvalue weighted by Gasteiger charge is 2.49. The van der Waals surface area contributed by atoms with Crippen LogP contribution in [0.4, 0.5) is 0 Å². The predicted octanol–water partition coefficient (Wildman–Crippen LogP) is 5.06. The number of hydrogen-bond donors (Lipinski definition) is 1. The van der Waals surface area contributed by atoms with Crippen LogP contribution in [-0.2, 0) is 18.3 Å². The van der Waals surface area contributed by atoms with Gasteiger partial charge >= 0.3 is 0 Å². The van der Waals surface area contributed by atoms with Crippen LogP contribution in [0.15, 0.2) is 53.5 Å². The minimum atomic E-state index is 0.0429. The van der Waals surface area contributed by atoms with E-state index in [0.717, 1.165) is 30.9 Å². The Bertz CT molecular complexity index is 1180. The molecule has 1 N–H and O–H groups in total. The fraction of sp³-hybridized carbons (Fsp3) is 0.484. The third-order valence-electron chi connectivity index (χ3n) is 9.21. The lowest BCUT2D eigenvalue weighted by Crippen LogP contribution is -2.58. The van der Waals surface area contributed by atoms with Crippen LogP contribution in [0.1, 0.15) is 65.7 Å². The summed E-state index contributed by atoms with van der Waals surface area (Å²) in [6.45, 7) is 8.79. The molecule has 1 unspecified atom stereocenters. The van der Waals surface area contributed by atoms with Gasteiger partial charge in [-0.05, 0) is 95.9 Å². The zero-order valence-corrected chi connectivity index (χ0v) is 21.1. The first-order chi connectivity index (χ1) is 17.0. The number of piperidine rings is 1. The number of benzene rings is 2. The number of carbonyl (C=O) groups is 1. The van der Waals surface area contributed by atoms with E-state index in [1.54, 1.807) is 0 Å². The molecular weight excluding hydrogens is 430 g/mol. The van der Waals surface area contributed by atoms with Crippen LogP contribution in [0, 0.1) is 11.8 Å². The topological polar surface area (TPSA) is 44.7 Å². The summed E-state index contributed by atoms with van der Waals surface area (Å²) in [5.41, 5.74) is 7.47. The van der Waals surface area contributed by atoms with Crippen molar-refractivity contribution in [3.05, 3.63) is 76.4 Å². The summed E-state index contributed by atoms with van der Waals surface area (Å²) in [6.07, 6.45) is 10.1. The number of aliphatic imine (C=N–C) groups is 1. The van der Waals surface area contributed by atoms with E-state index in [0.29, 0.717) is 18.5 Å². The highest BCUT2D eigenvalue weighted by atomic mass is 16.1. The van der Waals surface area contributed by atoms with Crippen LogP contribution in [0.5, 0.6) is 0 Å². The quantitative estimate of drug-likeness (QED) is 0.619. The number of allylic oxidation sites excluding steroid dienone is 1. The minimum absolute atomic E-state index is 0.0429. The molecule has 3 atom stereocenters. The minimum Gasteiger partial charge on any atom is -0.352 e. The van der Waals surface area contributed by atoms with E-state index in [2.05, 4.69) is 71.5 Å². The summed E-state index contributed by atoms with van der Waals surface area (Å²) in [5, 5.41) is 3.16. The lowest BCUT2D eigenvalue weighted by molar-refractivity contribution is 0.0284. The third kappa shape index (κ3) is 4.38. The molecule has 2 aromatic rings. The van der Waals surface area contributed by atoms with E-state index in [1.165, 1.54) is 60.2 Å². The Kier molecular flexibility index (Phi) is 5.88. The molecule has 2 heterocycles. The van der Waals surface area contributed by atoms with Gasteiger partial charge in [-0.15, -0.1) is 0 Å². The number of likely N-dealkylation sites (tertiary alicyclic amines) is 1. The largest absolute Gasteiger partial charge is 0.352 e. The Hall–Kier alpha value is -2.72. The van der Waals surface area contributed by atoms with Crippen LogP contribution in [0.3, 0.4) is 0 Å². The first-order valence-corrected chi connectivity index (χ1v) is 13.5. The van der Waals surface area contributed by atoms with Crippen molar-refractivity contribution in [1.29, 1.82) is 0 Å². The third-order valence-corrected chi connectivity index (χ3v) is 9.21. The predicted molar refractivity (Wildman–Crippen MR) is 143 cm³/mol. The molecule has 2 fully saturated rings. The molecule has 2 aliphatic heterocycles. The van der Waals surface area contributed by atoms with Gasteiger partial charge in [0.2, 0.25) is 0 Å². The van der Waals surface area contributed by atoms with E-state index in [-0.39, 0.29) is 11.3 Å². The monoisotopic (exact) mass is 467 g/mol. The fourth-order valence-electron chi connectivity index (χ4n) is 6.54. The highest BCUT2D eigenvalue weighted by Crippen LogP contribution is 2.49. The summed E-state index contributed by atoms with van der Waals surface area (Å²) in [7, 11) is 0.